The van der Waals surface area contributed by atoms with Crippen LogP contribution in [0.4, 0.5) is 0 Å². The Morgan fingerprint density at radius 3 is 2.69 bits per heavy atom. The summed E-state index contributed by atoms with van der Waals surface area (Å²) in [5.41, 5.74) is 12.0. The molecule has 240 valence electrons. The predicted octanol–water partition coefficient (Wildman–Crippen LogP) is 6.38. The first-order valence-electron chi connectivity index (χ1n) is 15.9. The highest BCUT2D eigenvalue weighted by atomic mass is 16.7. The molecule has 2 aliphatic rings. The summed E-state index contributed by atoms with van der Waals surface area (Å²) in [6, 6.07) is 22.2. The third kappa shape index (κ3) is 5.02. The zero-order valence-electron chi connectivity index (χ0n) is 26.5. The number of aliphatic carboxylic acids is 1. The highest BCUT2D eigenvalue weighted by Crippen LogP contribution is 2.39. The minimum absolute atomic E-state index is 0.292. The van der Waals surface area contributed by atoms with Crippen LogP contribution in [-0.2, 0) is 17.9 Å². The lowest BCUT2D eigenvalue weighted by Crippen LogP contribution is -2.35. The lowest BCUT2D eigenvalue weighted by atomic mass is 9.94. The number of aromatic nitrogens is 3. The minimum atomic E-state index is -0.728. The van der Waals surface area contributed by atoms with E-state index in [0.717, 1.165) is 61.5 Å². The number of hydrogen-bond acceptors (Lipinski definition) is 9. The molecule has 0 aliphatic carbocycles. The van der Waals surface area contributed by atoms with E-state index in [4.69, 9.17) is 24.1 Å². The number of fused-ring (bicyclic) bond motifs is 3. The van der Waals surface area contributed by atoms with Crippen LogP contribution in [0.3, 0.4) is 0 Å². The zero-order valence-corrected chi connectivity index (χ0v) is 26.5. The zero-order chi connectivity index (χ0) is 32.9. The van der Waals surface area contributed by atoms with Gasteiger partial charge in [-0.15, -0.1) is 0 Å². The van der Waals surface area contributed by atoms with Gasteiger partial charge in [-0.05, 0) is 79.4 Å². The van der Waals surface area contributed by atoms with Gasteiger partial charge in [0, 0.05) is 29.6 Å². The van der Waals surface area contributed by atoms with E-state index in [0.29, 0.717) is 61.6 Å². The molecule has 8 rings (SSSR count). The summed E-state index contributed by atoms with van der Waals surface area (Å²) in [4.78, 5) is 24.1. The van der Waals surface area contributed by atoms with Crippen LogP contribution in [0.25, 0.3) is 50.3 Å². The predicted molar refractivity (Wildman–Crippen MR) is 179 cm³/mol. The van der Waals surface area contributed by atoms with Gasteiger partial charge in [-0.25, -0.2) is 9.67 Å². The second-order valence-corrected chi connectivity index (χ2v) is 12.3. The van der Waals surface area contributed by atoms with Gasteiger partial charge in [0.2, 0.25) is 5.89 Å². The van der Waals surface area contributed by atoms with Crippen LogP contribution < -0.4 is 15.1 Å². The maximum Gasteiger partial charge on any atom is 0.306 e. The number of hydrogen-bond donors (Lipinski definition) is 2. The van der Waals surface area contributed by atoms with Gasteiger partial charge in [0.25, 0.3) is 0 Å². The number of nitrogens with one attached hydrogen (secondary N) is 1. The standard InChI is InChI=1S/C37H32N6O5/c1-21-26(28-7-4-8-32-29(28)18-39-43(32)25-15-33(46-2)30-19-40-48-34(30)16-25)5-3-6-27(21)36-41-31-14-22(13-24(17-38)35(31)47-36)20-42-11-9-23(10-12-42)37(44)45/h3-8,13-16,18,23,40H,9-12,19-20H2,1-2H3,(H,44,45). The van der Waals surface area contributed by atoms with E-state index in [-0.39, 0.29) is 5.92 Å². The molecule has 0 saturated carbocycles. The van der Waals surface area contributed by atoms with Gasteiger partial charge in [0.1, 0.15) is 17.3 Å². The lowest BCUT2D eigenvalue weighted by molar-refractivity contribution is -0.143. The molecule has 2 aliphatic heterocycles. The maximum atomic E-state index is 11.4. The van der Waals surface area contributed by atoms with Gasteiger partial charge >= 0.3 is 5.97 Å². The summed E-state index contributed by atoms with van der Waals surface area (Å²) in [5, 5.41) is 25.1. The lowest BCUT2D eigenvalue weighted by Gasteiger charge is -2.30. The highest BCUT2D eigenvalue weighted by Gasteiger charge is 2.25. The molecule has 0 unspecified atom stereocenters. The molecular weight excluding hydrogens is 608 g/mol. The molecule has 0 radical (unpaired) electrons. The number of methoxy groups -OCH3 is 1. The number of hydroxylamine groups is 1. The number of nitriles is 1. The van der Waals surface area contributed by atoms with Crippen LogP contribution in [0.2, 0.25) is 0 Å². The third-order valence-electron chi connectivity index (χ3n) is 9.53. The number of nitrogens with zero attached hydrogens (tertiary/aromatic N) is 5. The van der Waals surface area contributed by atoms with Crippen LogP contribution in [0.5, 0.6) is 11.5 Å². The number of likely N-dealkylation sites (tertiary alicyclic amines) is 1. The van der Waals surface area contributed by atoms with Crippen LogP contribution in [0.1, 0.15) is 35.1 Å². The Balaban J connectivity index is 1.14. The Morgan fingerprint density at radius 2 is 1.90 bits per heavy atom. The van der Waals surface area contributed by atoms with Crippen LogP contribution in [0, 0.1) is 24.2 Å². The summed E-state index contributed by atoms with van der Waals surface area (Å²) in [6.07, 6.45) is 3.12. The van der Waals surface area contributed by atoms with Crippen LogP contribution >= 0.6 is 0 Å². The maximum absolute atomic E-state index is 11.4. The first-order valence-corrected chi connectivity index (χ1v) is 15.9. The molecule has 0 amide bonds. The molecule has 1 saturated heterocycles. The van der Waals surface area contributed by atoms with Gasteiger partial charge in [0.05, 0.1) is 48.1 Å². The average molecular weight is 641 g/mol. The Morgan fingerprint density at radius 1 is 1.10 bits per heavy atom. The van der Waals surface area contributed by atoms with Gasteiger partial charge in [-0.2, -0.15) is 15.8 Å². The molecule has 2 aromatic heterocycles. The molecule has 48 heavy (non-hydrogen) atoms. The van der Waals surface area contributed by atoms with Crippen molar-refractivity contribution in [2.24, 2.45) is 5.92 Å². The van der Waals surface area contributed by atoms with Crippen LogP contribution in [0.15, 0.2) is 71.3 Å². The van der Waals surface area contributed by atoms with Crippen molar-refractivity contribution in [3.05, 3.63) is 89.1 Å². The molecule has 11 nitrogen and oxygen atoms in total. The fraction of sp³-hybridized carbons (Fsp3) is 0.243. The van der Waals surface area contributed by atoms with E-state index >= 15 is 0 Å². The van der Waals surface area contributed by atoms with Crippen molar-refractivity contribution in [3.8, 4) is 45.8 Å². The number of piperidine rings is 1. The molecular formula is C37H32N6O5. The average Bonchev–Trinajstić information content (AvgIpc) is 3.86. The number of oxazole rings is 1. The molecule has 0 atom stereocenters. The molecule has 11 heteroatoms. The quantitative estimate of drug-likeness (QED) is 0.202. The smallest absolute Gasteiger partial charge is 0.306 e. The van der Waals surface area contributed by atoms with Gasteiger partial charge in [-0.3, -0.25) is 9.69 Å². The molecule has 4 heterocycles. The van der Waals surface area contributed by atoms with Gasteiger partial charge in [-0.1, -0.05) is 24.3 Å². The molecule has 0 bridgehead atoms. The first-order chi connectivity index (χ1) is 23.4. The van der Waals surface area contributed by atoms with Gasteiger partial charge in [0.15, 0.2) is 11.3 Å². The molecule has 0 spiro atoms. The van der Waals surface area contributed by atoms with Crippen molar-refractivity contribution in [2.45, 2.75) is 32.9 Å². The fourth-order valence-electron chi connectivity index (χ4n) is 6.99. The number of rotatable bonds is 7. The second kappa shape index (κ2) is 11.8. The van der Waals surface area contributed by atoms with Crippen molar-refractivity contribution in [3.63, 3.8) is 0 Å². The Hall–Kier alpha value is -5.70. The SMILES string of the molecule is COc1cc(-n2ncc3c(-c4cccc(-c5nc6cc(CN7CCC(C(=O)O)CC7)cc(C#N)c6o5)c4C)cccc32)cc2c1CNO2. The third-order valence-corrected chi connectivity index (χ3v) is 9.53. The van der Waals surface area contributed by atoms with Gasteiger partial charge < -0.3 is 19.1 Å². The largest absolute Gasteiger partial charge is 0.496 e. The Kier molecular flexibility index (Phi) is 7.32. The van der Waals surface area contributed by atoms with Crippen LogP contribution in [-0.4, -0.2) is 50.9 Å². The monoisotopic (exact) mass is 640 g/mol. The van der Waals surface area contributed by atoms with Crippen molar-refractivity contribution in [1.82, 2.24) is 25.1 Å². The van der Waals surface area contributed by atoms with E-state index in [9.17, 15) is 15.2 Å². The summed E-state index contributed by atoms with van der Waals surface area (Å²) in [6.45, 7) is 4.65. The first kappa shape index (κ1) is 29.7. The summed E-state index contributed by atoms with van der Waals surface area (Å²) in [7, 11) is 1.65. The van der Waals surface area contributed by atoms with Crippen molar-refractivity contribution in [2.75, 3.05) is 20.2 Å². The van der Waals surface area contributed by atoms with E-state index in [2.05, 4.69) is 35.5 Å². The number of carboxylic acid groups (broad SMARTS) is 1. The normalized spacial score (nSPS) is 15.0. The summed E-state index contributed by atoms with van der Waals surface area (Å²) >= 11 is 0. The molecule has 4 aromatic carbocycles. The topological polar surface area (TPSA) is 139 Å². The Bertz CT molecular complexity index is 2270. The van der Waals surface area contributed by atoms with Crippen molar-refractivity contribution >= 4 is 28.0 Å². The van der Waals surface area contributed by atoms with E-state index in [1.54, 1.807) is 7.11 Å². The highest BCUT2D eigenvalue weighted by molar-refractivity contribution is 5.97. The van der Waals surface area contributed by atoms with Crippen molar-refractivity contribution < 1.29 is 23.9 Å². The minimum Gasteiger partial charge on any atom is -0.496 e. The molecule has 2 N–H and O–H groups in total. The number of carboxylic acids is 1. The molecule has 6 aromatic rings. The van der Waals surface area contributed by atoms with E-state index in [1.807, 2.05) is 59.4 Å². The second-order valence-electron chi connectivity index (χ2n) is 12.3. The number of carbonyl (C=O) groups is 1. The molecule has 1 fully saturated rings. The fourth-order valence-corrected chi connectivity index (χ4v) is 6.99. The summed E-state index contributed by atoms with van der Waals surface area (Å²) < 4.78 is 13.8. The Labute approximate surface area is 275 Å². The van der Waals surface area contributed by atoms with E-state index < -0.39 is 5.97 Å². The van der Waals surface area contributed by atoms with E-state index in [1.165, 1.54) is 0 Å². The summed E-state index contributed by atoms with van der Waals surface area (Å²) in [5.74, 6) is 0.884. The number of benzene rings is 4. The number of ether oxygens (including phenoxy) is 1. The van der Waals surface area contributed by atoms with Crippen molar-refractivity contribution in [1.29, 1.82) is 5.26 Å².